The zero-order chi connectivity index (χ0) is 15.9. The van der Waals surface area contributed by atoms with Crippen molar-refractivity contribution in [3.8, 4) is 0 Å². The van der Waals surface area contributed by atoms with Crippen LogP contribution >= 0.6 is 0 Å². The van der Waals surface area contributed by atoms with Gasteiger partial charge >= 0.3 is 5.97 Å². The Balaban J connectivity index is 2.21. The first-order valence-electron chi connectivity index (χ1n) is 7.85. The second-order valence-corrected chi connectivity index (χ2v) is 5.49. The van der Waals surface area contributed by atoms with Gasteiger partial charge in [0.25, 0.3) is 0 Å². The van der Waals surface area contributed by atoms with E-state index in [1.807, 2.05) is 6.92 Å². The van der Waals surface area contributed by atoms with Crippen LogP contribution in [0.25, 0.3) is 6.08 Å². The molecular weight excluding hydrogens is 280 g/mol. The van der Waals surface area contributed by atoms with E-state index in [1.165, 1.54) is 25.3 Å². The summed E-state index contributed by atoms with van der Waals surface area (Å²) in [6.45, 7) is 3.99. The molecular formula is C16H24N4O2. The van der Waals surface area contributed by atoms with Crippen molar-refractivity contribution >= 4 is 23.8 Å². The lowest BCUT2D eigenvalue weighted by Crippen LogP contribution is -2.24. The molecule has 120 valence electrons. The predicted molar refractivity (Wildman–Crippen MR) is 87.3 cm³/mol. The summed E-state index contributed by atoms with van der Waals surface area (Å²) >= 11 is 0. The molecule has 0 amide bonds. The zero-order valence-corrected chi connectivity index (χ0v) is 13.3. The van der Waals surface area contributed by atoms with E-state index in [4.69, 9.17) is 10.5 Å². The van der Waals surface area contributed by atoms with Crippen LogP contribution in [0.5, 0.6) is 0 Å². The molecule has 3 N–H and O–H groups in total. The maximum Gasteiger partial charge on any atom is 0.330 e. The topological polar surface area (TPSA) is 90.1 Å². The molecule has 0 aromatic carbocycles. The van der Waals surface area contributed by atoms with Gasteiger partial charge in [-0.25, -0.2) is 9.78 Å². The number of ether oxygens (including phenoxy) is 1. The lowest BCUT2D eigenvalue weighted by molar-refractivity contribution is -0.137. The molecule has 1 saturated carbocycles. The lowest BCUT2D eigenvalue weighted by Gasteiger charge is -2.24. The Morgan fingerprint density at radius 2 is 2.09 bits per heavy atom. The van der Waals surface area contributed by atoms with Crippen molar-refractivity contribution in [2.45, 2.75) is 52.0 Å². The number of esters is 1. The number of nitrogens with zero attached hydrogens (tertiary/aromatic N) is 2. The van der Waals surface area contributed by atoms with Crippen molar-refractivity contribution in [3.63, 3.8) is 0 Å². The third-order valence-corrected chi connectivity index (χ3v) is 3.77. The Morgan fingerprint density at radius 3 is 2.77 bits per heavy atom. The molecule has 0 bridgehead atoms. The molecule has 22 heavy (non-hydrogen) atoms. The summed E-state index contributed by atoms with van der Waals surface area (Å²) in [6, 6.07) is 0.400. The summed E-state index contributed by atoms with van der Waals surface area (Å²) in [5, 5.41) is 3.45. The Bertz CT molecular complexity index is 551. The van der Waals surface area contributed by atoms with E-state index in [9.17, 15) is 4.79 Å². The van der Waals surface area contributed by atoms with Gasteiger partial charge in [-0.05, 0) is 32.8 Å². The minimum Gasteiger partial charge on any atom is -0.463 e. The van der Waals surface area contributed by atoms with Crippen LogP contribution in [0, 0.1) is 6.92 Å². The van der Waals surface area contributed by atoms with E-state index < -0.39 is 0 Å². The van der Waals surface area contributed by atoms with Gasteiger partial charge in [-0.15, -0.1) is 0 Å². The van der Waals surface area contributed by atoms with Gasteiger partial charge in [-0.2, -0.15) is 4.98 Å². The van der Waals surface area contributed by atoms with Crippen LogP contribution < -0.4 is 11.1 Å². The van der Waals surface area contributed by atoms with Gasteiger partial charge in [0.1, 0.15) is 5.82 Å². The van der Waals surface area contributed by atoms with Crippen LogP contribution in [-0.4, -0.2) is 28.6 Å². The van der Waals surface area contributed by atoms with Crippen LogP contribution in [0.2, 0.25) is 0 Å². The fourth-order valence-electron chi connectivity index (χ4n) is 2.69. The molecule has 0 saturated heterocycles. The molecule has 0 radical (unpaired) electrons. The van der Waals surface area contributed by atoms with Crippen molar-refractivity contribution in [2.24, 2.45) is 0 Å². The molecule has 0 spiro atoms. The van der Waals surface area contributed by atoms with E-state index in [0.29, 0.717) is 18.5 Å². The monoisotopic (exact) mass is 304 g/mol. The number of hydrogen-bond acceptors (Lipinski definition) is 6. The van der Waals surface area contributed by atoms with E-state index in [-0.39, 0.29) is 11.9 Å². The van der Waals surface area contributed by atoms with Crippen molar-refractivity contribution in [3.05, 3.63) is 17.3 Å². The van der Waals surface area contributed by atoms with E-state index in [2.05, 4.69) is 15.3 Å². The van der Waals surface area contributed by atoms with Gasteiger partial charge in [0, 0.05) is 17.7 Å². The Hall–Kier alpha value is -2.11. The normalized spacial score (nSPS) is 15.9. The van der Waals surface area contributed by atoms with Gasteiger partial charge in [0.15, 0.2) is 0 Å². The number of rotatable bonds is 5. The Morgan fingerprint density at radius 1 is 1.36 bits per heavy atom. The second kappa shape index (κ2) is 7.77. The highest BCUT2D eigenvalue weighted by atomic mass is 16.5. The van der Waals surface area contributed by atoms with Crippen LogP contribution in [0.4, 0.5) is 11.8 Å². The standard InChI is InChI=1S/C16H24N4O2/c1-3-22-14(21)10-9-13-11(2)18-16(17)20-15(13)19-12-7-5-4-6-8-12/h9-10,12H,3-8H2,1-2H3,(H3,17,18,19,20)/b10-9+. The van der Waals surface area contributed by atoms with Crippen LogP contribution in [0.1, 0.15) is 50.3 Å². The molecule has 1 heterocycles. The number of nitrogens with two attached hydrogens (primary N) is 1. The van der Waals surface area contributed by atoms with Gasteiger partial charge in [-0.3, -0.25) is 0 Å². The highest BCUT2D eigenvalue weighted by molar-refractivity contribution is 5.88. The Kier molecular flexibility index (Phi) is 5.75. The number of nitrogens with one attached hydrogen (secondary N) is 1. The predicted octanol–water partition coefficient (Wildman–Crippen LogP) is 2.69. The number of carbonyl (C=O) groups excluding carboxylic acids is 1. The van der Waals surface area contributed by atoms with E-state index in [0.717, 1.165) is 24.1 Å². The van der Waals surface area contributed by atoms with Gasteiger partial charge in [0.05, 0.1) is 12.3 Å². The van der Waals surface area contributed by atoms with Gasteiger partial charge in [0.2, 0.25) is 5.95 Å². The van der Waals surface area contributed by atoms with Crippen LogP contribution in [-0.2, 0) is 9.53 Å². The van der Waals surface area contributed by atoms with Crippen molar-refractivity contribution in [2.75, 3.05) is 17.7 Å². The fraction of sp³-hybridized carbons (Fsp3) is 0.562. The largest absolute Gasteiger partial charge is 0.463 e. The average molecular weight is 304 g/mol. The summed E-state index contributed by atoms with van der Waals surface area (Å²) in [7, 11) is 0. The summed E-state index contributed by atoms with van der Waals surface area (Å²) in [5.41, 5.74) is 7.29. The quantitative estimate of drug-likeness (QED) is 0.642. The summed E-state index contributed by atoms with van der Waals surface area (Å²) in [5.74, 6) is 0.559. The molecule has 2 rings (SSSR count). The summed E-state index contributed by atoms with van der Waals surface area (Å²) in [4.78, 5) is 20.0. The van der Waals surface area contributed by atoms with Gasteiger partial charge in [-0.1, -0.05) is 19.3 Å². The molecule has 1 aliphatic carbocycles. The SMILES string of the molecule is CCOC(=O)/C=C/c1c(C)nc(N)nc1NC1CCCCC1. The number of nitrogen functional groups attached to an aromatic ring is 1. The number of anilines is 2. The molecule has 1 aliphatic rings. The molecule has 1 aromatic rings. The number of hydrogen-bond donors (Lipinski definition) is 2. The van der Waals surface area contributed by atoms with Crippen LogP contribution in [0.15, 0.2) is 6.08 Å². The molecule has 0 unspecified atom stereocenters. The summed E-state index contributed by atoms with van der Waals surface area (Å²) < 4.78 is 4.91. The average Bonchev–Trinajstić information content (AvgIpc) is 2.47. The van der Waals surface area contributed by atoms with Gasteiger partial charge < -0.3 is 15.8 Å². The van der Waals surface area contributed by atoms with Crippen molar-refractivity contribution < 1.29 is 9.53 Å². The molecule has 0 atom stereocenters. The first-order valence-corrected chi connectivity index (χ1v) is 7.85. The number of aryl methyl sites for hydroxylation is 1. The zero-order valence-electron chi connectivity index (χ0n) is 13.3. The molecule has 6 heteroatoms. The third kappa shape index (κ3) is 4.44. The first-order chi connectivity index (χ1) is 10.6. The minimum atomic E-state index is -0.373. The summed E-state index contributed by atoms with van der Waals surface area (Å²) in [6.07, 6.45) is 9.10. The van der Waals surface area contributed by atoms with E-state index in [1.54, 1.807) is 13.0 Å². The molecule has 0 aliphatic heterocycles. The smallest absolute Gasteiger partial charge is 0.330 e. The maximum absolute atomic E-state index is 11.5. The molecule has 6 nitrogen and oxygen atoms in total. The Labute approximate surface area is 131 Å². The van der Waals surface area contributed by atoms with Crippen molar-refractivity contribution in [1.29, 1.82) is 0 Å². The third-order valence-electron chi connectivity index (χ3n) is 3.77. The lowest BCUT2D eigenvalue weighted by atomic mass is 9.95. The first kappa shape index (κ1) is 16.3. The maximum atomic E-state index is 11.5. The van der Waals surface area contributed by atoms with Crippen LogP contribution in [0.3, 0.4) is 0 Å². The molecule has 1 fully saturated rings. The highest BCUT2D eigenvalue weighted by Gasteiger charge is 2.16. The minimum absolute atomic E-state index is 0.240. The second-order valence-electron chi connectivity index (χ2n) is 5.49. The van der Waals surface area contributed by atoms with Crippen molar-refractivity contribution in [1.82, 2.24) is 9.97 Å². The molecule has 1 aromatic heterocycles. The highest BCUT2D eigenvalue weighted by Crippen LogP contribution is 2.25. The number of carbonyl (C=O) groups is 1. The number of aromatic nitrogens is 2. The van der Waals surface area contributed by atoms with E-state index >= 15 is 0 Å². The fourth-order valence-corrected chi connectivity index (χ4v) is 2.69.